The number of benzene rings is 2. The van der Waals surface area contributed by atoms with E-state index in [1.165, 1.54) is 0 Å². The fourth-order valence-electron chi connectivity index (χ4n) is 2.71. The average Bonchev–Trinajstić information content (AvgIpc) is 3.14. The van der Waals surface area contributed by atoms with Crippen molar-refractivity contribution in [3.05, 3.63) is 76.0 Å². The number of rotatable bonds is 5. The van der Waals surface area contributed by atoms with Crippen molar-refractivity contribution in [3.8, 4) is 11.3 Å². The number of halogens is 2. The van der Waals surface area contributed by atoms with Crippen LogP contribution in [0.2, 0.25) is 10.0 Å². The minimum Gasteiger partial charge on any atom is -0.451 e. The Bertz CT molecular complexity index is 933. The molecule has 3 aromatic rings. The van der Waals surface area contributed by atoms with Crippen LogP contribution in [-0.4, -0.2) is 5.91 Å². The molecular weight excluding hydrogens is 369 g/mol. The number of carbonyl (C=O) groups is 1. The summed E-state index contributed by atoms with van der Waals surface area (Å²) in [5.41, 5.74) is 2.68. The zero-order chi connectivity index (χ0) is 18.7. The largest absolute Gasteiger partial charge is 0.451 e. The van der Waals surface area contributed by atoms with E-state index in [-0.39, 0.29) is 11.7 Å². The maximum Gasteiger partial charge on any atom is 0.291 e. The molecule has 1 amide bonds. The molecule has 0 aliphatic rings. The van der Waals surface area contributed by atoms with Gasteiger partial charge in [-0.1, -0.05) is 55.2 Å². The number of carbonyl (C=O) groups excluding carboxylic acids is 1. The quantitative estimate of drug-likeness (QED) is 0.510. The number of hydrogen-bond acceptors (Lipinski definition) is 2. The van der Waals surface area contributed by atoms with Crippen molar-refractivity contribution < 1.29 is 9.21 Å². The highest BCUT2D eigenvalue weighted by molar-refractivity contribution is 6.42. The highest BCUT2D eigenvalue weighted by atomic mass is 35.5. The summed E-state index contributed by atoms with van der Waals surface area (Å²) < 4.78 is 5.71. The first-order valence-electron chi connectivity index (χ1n) is 8.45. The van der Waals surface area contributed by atoms with Crippen LogP contribution < -0.4 is 5.32 Å². The second-order valence-electron chi connectivity index (χ2n) is 6.14. The van der Waals surface area contributed by atoms with Crippen molar-refractivity contribution in [2.45, 2.75) is 26.2 Å². The van der Waals surface area contributed by atoms with Crippen LogP contribution >= 0.6 is 23.2 Å². The van der Waals surface area contributed by atoms with Gasteiger partial charge in [-0.3, -0.25) is 4.79 Å². The predicted molar refractivity (Wildman–Crippen MR) is 107 cm³/mol. The second-order valence-corrected chi connectivity index (χ2v) is 6.96. The average molecular weight is 388 g/mol. The molecule has 1 heterocycles. The molecule has 2 aromatic carbocycles. The highest BCUT2D eigenvalue weighted by Crippen LogP contribution is 2.30. The first kappa shape index (κ1) is 18.6. The van der Waals surface area contributed by atoms with E-state index in [4.69, 9.17) is 27.6 Å². The lowest BCUT2D eigenvalue weighted by atomic mass is 9.97. The van der Waals surface area contributed by atoms with Gasteiger partial charge in [-0.25, -0.2) is 0 Å². The third kappa shape index (κ3) is 3.95. The molecule has 0 radical (unpaired) electrons. The first-order valence-corrected chi connectivity index (χ1v) is 9.20. The van der Waals surface area contributed by atoms with Crippen LogP contribution in [0.5, 0.6) is 0 Å². The summed E-state index contributed by atoms with van der Waals surface area (Å²) >= 11 is 12.0. The van der Waals surface area contributed by atoms with Crippen LogP contribution in [0.3, 0.4) is 0 Å². The molecule has 0 fully saturated rings. The molecule has 26 heavy (non-hydrogen) atoms. The van der Waals surface area contributed by atoms with E-state index in [0.717, 1.165) is 23.2 Å². The summed E-state index contributed by atoms with van der Waals surface area (Å²) in [5.74, 6) is 0.871. The normalized spacial score (nSPS) is 12.0. The Kier molecular flexibility index (Phi) is 5.70. The third-order valence-corrected chi connectivity index (χ3v) is 5.13. The molecule has 0 saturated heterocycles. The van der Waals surface area contributed by atoms with Crippen LogP contribution in [0.25, 0.3) is 11.3 Å². The molecule has 134 valence electrons. The topological polar surface area (TPSA) is 42.2 Å². The molecule has 0 spiro atoms. The Hall–Kier alpha value is -2.23. The molecule has 3 rings (SSSR count). The van der Waals surface area contributed by atoms with Gasteiger partial charge < -0.3 is 9.73 Å². The standard InChI is InChI=1S/C21H19Cl2NO2/c1-3-13(2)15-6-4-5-7-18(15)24-21(25)20-11-10-19(26-20)14-8-9-16(22)17(23)12-14/h4-13H,3H2,1-2H3,(H,24,25)/t13-/m0/s1. The van der Waals surface area contributed by atoms with Gasteiger partial charge >= 0.3 is 0 Å². The van der Waals surface area contributed by atoms with Gasteiger partial charge in [0.25, 0.3) is 5.91 Å². The molecule has 0 saturated carbocycles. The van der Waals surface area contributed by atoms with E-state index < -0.39 is 0 Å². The highest BCUT2D eigenvalue weighted by Gasteiger charge is 2.16. The number of para-hydroxylation sites is 1. The lowest BCUT2D eigenvalue weighted by molar-refractivity contribution is 0.0997. The molecule has 0 aliphatic heterocycles. The number of hydrogen-bond donors (Lipinski definition) is 1. The van der Waals surface area contributed by atoms with Gasteiger partial charge in [-0.2, -0.15) is 0 Å². The fourth-order valence-corrected chi connectivity index (χ4v) is 3.01. The molecule has 1 aromatic heterocycles. The Morgan fingerprint density at radius 2 is 1.85 bits per heavy atom. The van der Waals surface area contributed by atoms with Gasteiger partial charge in [-0.05, 0) is 54.3 Å². The number of amides is 1. The summed E-state index contributed by atoms with van der Waals surface area (Å²) in [6.45, 7) is 4.26. The van der Waals surface area contributed by atoms with Gasteiger partial charge in [0.2, 0.25) is 0 Å². The third-order valence-electron chi connectivity index (χ3n) is 4.39. The molecule has 1 atom stereocenters. The summed E-state index contributed by atoms with van der Waals surface area (Å²) in [7, 11) is 0. The minimum absolute atomic E-state index is 0.241. The summed E-state index contributed by atoms with van der Waals surface area (Å²) in [5, 5.41) is 3.86. The number of furan rings is 1. The van der Waals surface area contributed by atoms with Gasteiger partial charge in [-0.15, -0.1) is 0 Å². The predicted octanol–water partition coefficient (Wildman–Crippen LogP) is 7.02. The molecule has 0 bridgehead atoms. The Morgan fingerprint density at radius 1 is 1.08 bits per heavy atom. The Balaban J connectivity index is 1.82. The van der Waals surface area contributed by atoms with E-state index >= 15 is 0 Å². The zero-order valence-electron chi connectivity index (χ0n) is 14.6. The molecular formula is C21H19Cl2NO2. The van der Waals surface area contributed by atoms with Gasteiger partial charge in [0.1, 0.15) is 5.76 Å². The molecule has 3 nitrogen and oxygen atoms in total. The Labute approximate surface area is 162 Å². The summed E-state index contributed by atoms with van der Waals surface area (Å²) in [6, 6.07) is 16.4. The molecule has 5 heteroatoms. The Morgan fingerprint density at radius 3 is 2.58 bits per heavy atom. The second kappa shape index (κ2) is 7.98. The lowest BCUT2D eigenvalue weighted by Gasteiger charge is -2.15. The van der Waals surface area contributed by atoms with Crippen LogP contribution in [0, 0.1) is 0 Å². The summed E-state index contributed by atoms with van der Waals surface area (Å²) in [6.07, 6.45) is 0.995. The van der Waals surface area contributed by atoms with Crippen LogP contribution in [0.15, 0.2) is 59.0 Å². The van der Waals surface area contributed by atoms with E-state index in [9.17, 15) is 4.79 Å². The molecule has 1 N–H and O–H groups in total. The van der Waals surface area contributed by atoms with Crippen molar-refractivity contribution in [3.63, 3.8) is 0 Å². The monoisotopic (exact) mass is 387 g/mol. The van der Waals surface area contributed by atoms with Crippen LogP contribution in [0.1, 0.15) is 42.3 Å². The van der Waals surface area contributed by atoms with Gasteiger partial charge in [0.05, 0.1) is 10.0 Å². The van der Waals surface area contributed by atoms with Gasteiger partial charge in [0.15, 0.2) is 5.76 Å². The van der Waals surface area contributed by atoms with E-state index in [1.807, 2.05) is 24.3 Å². The molecule has 0 aliphatic carbocycles. The SMILES string of the molecule is CC[C@H](C)c1ccccc1NC(=O)c1ccc(-c2ccc(Cl)c(Cl)c2)o1. The minimum atomic E-state index is -0.285. The van der Waals surface area contributed by atoms with Crippen molar-refractivity contribution >= 4 is 34.8 Å². The van der Waals surface area contributed by atoms with E-state index in [0.29, 0.717) is 21.7 Å². The number of anilines is 1. The van der Waals surface area contributed by atoms with E-state index in [1.54, 1.807) is 30.3 Å². The summed E-state index contributed by atoms with van der Waals surface area (Å²) in [4.78, 5) is 12.6. The lowest BCUT2D eigenvalue weighted by Crippen LogP contribution is -2.13. The van der Waals surface area contributed by atoms with Crippen LogP contribution in [-0.2, 0) is 0 Å². The van der Waals surface area contributed by atoms with Crippen molar-refractivity contribution in [2.24, 2.45) is 0 Å². The first-order chi connectivity index (χ1) is 12.5. The van der Waals surface area contributed by atoms with Gasteiger partial charge in [0, 0.05) is 11.3 Å². The number of nitrogens with one attached hydrogen (secondary N) is 1. The van der Waals surface area contributed by atoms with Crippen molar-refractivity contribution in [1.82, 2.24) is 0 Å². The van der Waals surface area contributed by atoms with Crippen molar-refractivity contribution in [2.75, 3.05) is 5.32 Å². The maximum atomic E-state index is 12.6. The molecule has 0 unspecified atom stereocenters. The van der Waals surface area contributed by atoms with Crippen molar-refractivity contribution in [1.29, 1.82) is 0 Å². The van der Waals surface area contributed by atoms with Crippen LogP contribution in [0.4, 0.5) is 5.69 Å². The maximum absolute atomic E-state index is 12.6. The smallest absolute Gasteiger partial charge is 0.291 e. The fraction of sp³-hybridized carbons (Fsp3) is 0.190. The van der Waals surface area contributed by atoms with E-state index in [2.05, 4.69) is 19.2 Å². The zero-order valence-corrected chi connectivity index (χ0v) is 16.1.